The average Bonchev–Trinajstić information content (AvgIpc) is 2.30. The van der Waals surface area contributed by atoms with Crippen LogP contribution >= 0.6 is 0 Å². The number of carboxylic acid groups (broad SMARTS) is 1. The predicted octanol–water partition coefficient (Wildman–Crippen LogP) is 2.44. The molecular formula is C14H20FNO2. The second-order valence-electron chi connectivity index (χ2n) is 4.87. The zero-order chi connectivity index (χ0) is 13.5. The summed E-state index contributed by atoms with van der Waals surface area (Å²) in [6, 6.07) is 6.42. The molecular weight excluding hydrogens is 233 g/mol. The van der Waals surface area contributed by atoms with E-state index in [4.69, 9.17) is 10.8 Å². The summed E-state index contributed by atoms with van der Waals surface area (Å²) in [5.74, 6) is -0.696. The van der Waals surface area contributed by atoms with Crippen molar-refractivity contribution in [3.8, 4) is 0 Å². The SMILES string of the molecule is C[C@H](Cc1ccc(F)cc1)C[C@H](CN)CC(=O)O. The first-order valence-electron chi connectivity index (χ1n) is 6.17. The molecule has 2 atom stereocenters. The van der Waals surface area contributed by atoms with Gasteiger partial charge in [-0.3, -0.25) is 4.79 Å². The predicted molar refractivity (Wildman–Crippen MR) is 68.7 cm³/mol. The summed E-state index contributed by atoms with van der Waals surface area (Å²) in [5, 5.41) is 8.75. The van der Waals surface area contributed by atoms with Crippen molar-refractivity contribution in [1.29, 1.82) is 0 Å². The maximum absolute atomic E-state index is 12.8. The number of benzene rings is 1. The van der Waals surface area contributed by atoms with Crippen LogP contribution in [0, 0.1) is 17.7 Å². The largest absolute Gasteiger partial charge is 0.481 e. The van der Waals surface area contributed by atoms with Gasteiger partial charge in [0.1, 0.15) is 5.82 Å². The monoisotopic (exact) mass is 253 g/mol. The van der Waals surface area contributed by atoms with E-state index in [1.165, 1.54) is 12.1 Å². The molecule has 18 heavy (non-hydrogen) atoms. The summed E-state index contributed by atoms with van der Waals surface area (Å²) >= 11 is 0. The third-order valence-electron chi connectivity index (χ3n) is 3.03. The van der Waals surface area contributed by atoms with Crippen LogP contribution in [0.3, 0.4) is 0 Å². The Bertz CT molecular complexity index is 378. The van der Waals surface area contributed by atoms with E-state index in [1.54, 1.807) is 12.1 Å². The molecule has 0 unspecified atom stereocenters. The summed E-state index contributed by atoms with van der Waals surface area (Å²) in [4.78, 5) is 10.6. The molecule has 0 aromatic heterocycles. The number of hydrogen-bond donors (Lipinski definition) is 2. The maximum atomic E-state index is 12.8. The molecule has 0 spiro atoms. The molecule has 0 aliphatic rings. The second-order valence-corrected chi connectivity index (χ2v) is 4.87. The average molecular weight is 253 g/mol. The lowest BCUT2D eigenvalue weighted by atomic mass is 9.89. The van der Waals surface area contributed by atoms with Crippen molar-refractivity contribution in [1.82, 2.24) is 0 Å². The first-order chi connectivity index (χ1) is 8.51. The summed E-state index contributed by atoms with van der Waals surface area (Å²) in [5.41, 5.74) is 6.63. The molecule has 0 heterocycles. The smallest absolute Gasteiger partial charge is 0.303 e. The van der Waals surface area contributed by atoms with E-state index in [2.05, 4.69) is 6.92 Å². The molecule has 0 amide bonds. The Kier molecular flexibility index (Phi) is 5.78. The van der Waals surface area contributed by atoms with E-state index in [0.29, 0.717) is 12.5 Å². The summed E-state index contributed by atoms with van der Waals surface area (Å²) in [6.45, 7) is 2.45. The van der Waals surface area contributed by atoms with Crippen molar-refractivity contribution in [3.05, 3.63) is 35.6 Å². The Morgan fingerprint density at radius 2 is 2.00 bits per heavy atom. The molecule has 1 rings (SSSR count). The van der Waals surface area contributed by atoms with Crippen molar-refractivity contribution in [2.24, 2.45) is 17.6 Å². The van der Waals surface area contributed by atoms with Gasteiger partial charge in [0.25, 0.3) is 0 Å². The van der Waals surface area contributed by atoms with Crippen molar-refractivity contribution >= 4 is 5.97 Å². The van der Waals surface area contributed by atoms with Crippen LogP contribution < -0.4 is 5.73 Å². The van der Waals surface area contributed by atoms with Gasteiger partial charge in [0, 0.05) is 6.42 Å². The van der Waals surface area contributed by atoms with Crippen molar-refractivity contribution in [3.63, 3.8) is 0 Å². The summed E-state index contributed by atoms with van der Waals surface area (Å²) in [7, 11) is 0. The van der Waals surface area contributed by atoms with Crippen LogP contribution in [0.5, 0.6) is 0 Å². The van der Waals surface area contributed by atoms with Crippen LogP contribution in [0.15, 0.2) is 24.3 Å². The van der Waals surface area contributed by atoms with Gasteiger partial charge >= 0.3 is 5.97 Å². The molecule has 0 aliphatic carbocycles. The zero-order valence-corrected chi connectivity index (χ0v) is 10.6. The van der Waals surface area contributed by atoms with E-state index >= 15 is 0 Å². The molecule has 0 aliphatic heterocycles. The third kappa shape index (κ3) is 5.27. The fourth-order valence-corrected chi connectivity index (χ4v) is 2.19. The molecule has 1 aromatic rings. The number of halogens is 1. The summed E-state index contributed by atoms with van der Waals surface area (Å²) in [6.07, 6.45) is 1.71. The molecule has 0 radical (unpaired) electrons. The number of carbonyl (C=O) groups is 1. The van der Waals surface area contributed by atoms with E-state index in [-0.39, 0.29) is 18.2 Å². The van der Waals surface area contributed by atoms with Gasteiger partial charge in [0.05, 0.1) is 0 Å². The molecule has 0 saturated carbocycles. The Balaban J connectivity index is 2.46. The quantitative estimate of drug-likeness (QED) is 0.784. The van der Waals surface area contributed by atoms with Gasteiger partial charge in [-0.2, -0.15) is 0 Å². The molecule has 1 aromatic carbocycles. The van der Waals surface area contributed by atoms with Gasteiger partial charge in [-0.25, -0.2) is 4.39 Å². The van der Waals surface area contributed by atoms with Gasteiger partial charge in [-0.05, 0) is 48.9 Å². The standard InChI is InChI=1S/C14H20FNO2/c1-10(7-12(9-16)8-14(17)18)6-11-2-4-13(15)5-3-11/h2-5,10,12H,6-9,16H2,1H3,(H,17,18)/t10-,12+/m1/s1. The van der Waals surface area contributed by atoms with Crippen LogP contribution in [-0.2, 0) is 11.2 Å². The highest BCUT2D eigenvalue weighted by molar-refractivity contribution is 5.67. The van der Waals surface area contributed by atoms with Crippen molar-refractivity contribution < 1.29 is 14.3 Å². The van der Waals surface area contributed by atoms with Gasteiger partial charge < -0.3 is 10.8 Å². The minimum Gasteiger partial charge on any atom is -0.481 e. The highest BCUT2D eigenvalue weighted by Crippen LogP contribution is 2.19. The van der Waals surface area contributed by atoms with Crippen LogP contribution in [-0.4, -0.2) is 17.6 Å². The lowest BCUT2D eigenvalue weighted by Gasteiger charge is -2.18. The fourth-order valence-electron chi connectivity index (χ4n) is 2.19. The number of rotatable bonds is 7. The maximum Gasteiger partial charge on any atom is 0.303 e. The molecule has 100 valence electrons. The Labute approximate surface area is 107 Å². The van der Waals surface area contributed by atoms with Crippen LogP contribution in [0.4, 0.5) is 4.39 Å². The van der Waals surface area contributed by atoms with Gasteiger partial charge in [0.15, 0.2) is 0 Å². The highest BCUT2D eigenvalue weighted by Gasteiger charge is 2.15. The minimum absolute atomic E-state index is 0.0120. The lowest BCUT2D eigenvalue weighted by Crippen LogP contribution is -2.21. The second kappa shape index (κ2) is 7.11. The molecule has 0 bridgehead atoms. The van der Waals surface area contributed by atoms with Crippen LogP contribution in [0.1, 0.15) is 25.3 Å². The third-order valence-corrected chi connectivity index (χ3v) is 3.03. The van der Waals surface area contributed by atoms with E-state index < -0.39 is 5.97 Å². The highest BCUT2D eigenvalue weighted by atomic mass is 19.1. The van der Waals surface area contributed by atoms with Gasteiger partial charge in [-0.15, -0.1) is 0 Å². The van der Waals surface area contributed by atoms with Gasteiger partial charge in [0.2, 0.25) is 0 Å². The molecule has 3 nitrogen and oxygen atoms in total. The normalized spacial score (nSPS) is 14.2. The van der Waals surface area contributed by atoms with Crippen molar-refractivity contribution in [2.75, 3.05) is 6.54 Å². The van der Waals surface area contributed by atoms with Crippen molar-refractivity contribution in [2.45, 2.75) is 26.2 Å². The molecule has 0 fully saturated rings. The number of aliphatic carboxylic acids is 1. The van der Waals surface area contributed by atoms with Crippen LogP contribution in [0.25, 0.3) is 0 Å². The number of nitrogens with two attached hydrogens (primary N) is 1. The Morgan fingerprint density at radius 3 is 2.50 bits per heavy atom. The topological polar surface area (TPSA) is 63.3 Å². The van der Waals surface area contributed by atoms with E-state index in [0.717, 1.165) is 18.4 Å². The number of carboxylic acids is 1. The Hall–Kier alpha value is -1.42. The van der Waals surface area contributed by atoms with Crippen LogP contribution in [0.2, 0.25) is 0 Å². The lowest BCUT2D eigenvalue weighted by molar-refractivity contribution is -0.138. The minimum atomic E-state index is -0.806. The Morgan fingerprint density at radius 1 is 1.39 bits per heavy atom. The molecule has 4 heteroatoms. The summed E-state index contributed by atoms with van der Waals surface area (Å²) < 4.78 is 12.8. The van der Waals surface area contributed by atoms with E-state index in [9.17, 15) is 9.18 Å². The first kappa shape index (κ1) is 14.6. The molecule has 0 saturated heterocycles. The first-order valence-corrected chi connectivity index (χ1v) is 6.17. The van der Waals surface area contributed by atoms with Gasteiger partial charge in [-0.1, -0.05) is 19.1 Å². The molecule has 3 N–H and O–H groups in total. The number of hydrogen-bond acceptors (Lipinski definition) is 2. The van der Waals surface area contributed by atoms with E-state index in [1.807, 2.05) is 0 Å². The fraction of sp³-hybridized carbons (Fsp3) is 0.500. The zero-order valence-electron chi connectivity index (χ0n) is 10.6.